The molecule has 31 heteroatoms. The van der Waals surface area contributed by atoms with Crippen LogP contribution in [0.5, 0.6) is 0 Å². The van der Waals surface area contributed by atoms with E-state index in [9.17, 15) is 89.4 Å². The van der Waals surface area contributed by atoms with Gasteiger partial charge in [-0.05, 0) is 0 Å². The highest BCUT2D eigenvalue weighted by Gasteiger charge is 2.67. The fourth-order valence-corrected chi connectivity index (χ4v) is 2.99. The fourth-order valence-electron chi connectivity index (χ4n) is 2.99. The van der Waals surface area contributed by atoms with Crippen molar-refractivity contribution >= 4 is 23.9 Å². The van der Waals surface area contributed by atoms with E-state index in [1.54, 1.807) is 0 Å². The predicted octanol–water partition coefficient (Wildman–Crippen LogP) is 6.23. The van der Waals surface area contributed by atoms with E-state index in [0.717, 1.165) is 0 Å². The van der Waals surface area contributed by atoms with Gasteiger partial charge < -0.3 is 33.2 Å². The standard InChI is InChI=1S/C30H28F18O13/c1-5-17(49)54-13-23(33,34)27(41,42)58-11-21(31,60-29(45,46)25(37,38)15-56-19(51)7-3)9-53-10-22(32,61-30(47,48)26(39,40)16-57-20(52)8-4)12-59-28(43,44)24(35,36)14-55-18(50)6-2/h5-8H,1-4,9-16H2. The summed E-state index contributed by atoms with van der Waals surface area (Å²) < 4.78 is 291. The van der Waals surface area contributed by atoms with Crippen molar-refractivity contribution in [3.8, 4) is 0 Å². The van der Waals surface area contributed by atoms with Crippen LogP contribution in [0.1, 0.15) is 0 Å². The molecule has 0 aromatic carbocycles. The summed E-state index contributed by atoms with van der Waals surface area (Å²) in [4.78, 5) is 44.1. The van der Waals surface area contributed by atoms with Gasteiger partial charge in [-0.25, -0.2) is 28.0 Å². The van der Waals surface area contributed by atoms with Gasteiger partial charge in [-0.1, -0.05) is 26.3 Å². The second kappa shape index (κ2) is 21.0. The number of esters is 4. The van der Waals surface area contributed by atoms with Crippen molar-refractivity contribution in [3.63, 3.8) is 0 Å². The summed E-state index contributed by atoms with van der Waals surface area (Å²) in [7, 11) is 0. The Bertz CT molecular complexity index is 1460. The van der Waals surface area contributed by atoms with Crippen molar-refractivity contribution in [3.05, 3.63) is 50.6 Å². The minimum Gasteiger partial charge on any atom is -0.456 e. The molecule has 13 nitrogen and oxygen atoms in total. The van der Waals surface area contributed by atoms with E-state index >= 15 is 8.78 Å². The largest absolute Gasteiger partial charge is 0.456 e. The molecule has 0 saturated carbocycles. The van der Waals surface area contributed by atoms with E-state index in [1.807, 2.05) is 0 Å². The van der Waals surface area contributed by atoms with Gasteiger partial charge in [0.2, 0.25) is 0 Å². The zero-order valence-electron chi connectivity index (χ0n) is 29.9. The summed E-state index contributed by atoms with van der Waals surface area (Å²) in [5.74, 6) is -42.0. The Morgan fingerprint density at radius 2 is 0.557 bits per heavy atom. The molecule has 0 aliphatic carbocycles. The quantitative estimate of drug-likeness (QED) is 0.0347. The Hall–Kier alpha value is -4.62. The van der Waals surface area contributed by atoms with Gasteiger partial charge in [0.15, 0.2) is 26.4 Å². The van der Waals surface area contributed by atoms with Crippen LogP contribution in [-0.4, -0.2) is 137 Å². The molecule has 0 saturated heterocycles. The zero-order valence-corrected chi connectivity index (χ0v) is 29.9. The van der Waals surface area contributed by atoms with Crippen LogP contribution in [0.15, 0.2) is 50.6 Å². The molecule has 352 valence electrons. The first-order valence-electron chi connectivity index (χ1n) is 15.2. The van der Waals surface area contributed by atoms with E-state index in [4.69, 9.17) is 0 Å². The molecule has 0 aliphatic rings. The van der Waals surface area contributed by atoms with Crippen molar-refractivity contribution in [1.82, 2.24) is 0 Å². The van der Waals surface area contributed by atoms with E-state index < -0.39 is 137 Å². The van der Waals surface area contributed by atoms with Crippen LogP contribution >= 0.6 is 0 Å². The third-order valence-electron chi connectivity index (χ3n) is 6.15. The lowest BCUT2D eigenvalue weighted by atomic mass is 10.2. The Morgan fingerprint density at radius 3 is 0.770 bits per heavy atom. The number of rotatable bonds is 30. The number of alkyl halides is 18. The first kappa shape index (κ1) is 56.4. The van der Waals surface area contributed by atoms with Gasteiger partial charge in [0.1, 0.15) is 26.4 Å². The molecule has 0 fully saturated rings. The summed E-state index contributed by atoms with van der Waals surface area (Å²) in [5, 5.41) is 0. The number of hydrogen-bond acceptors (Lipinski definition) is 13. The monoisotopic (exact) mass is 938 g/mol. The van der Waals surface area contributed by atoms with Crippen molar-refractivity contribution in [2.75, 3.05) is 52.9 Å². The molecule has 0 rings (SSSR count). The molecule has 0 aliphatic heterocycles. The maximum atomic E-state index is 15.7. The van der Waals surface area contributed by atoms with Gasteiger partial charge in [-0.2, -0.15) is 70.2 Å². The molecule has 2 atom stereocenters. The Balaban J connectivity index is 7.01. The zero-order chi connectivity index (χ0) is 48.2. The Kier molecular flexibility index (Phi) is 19.4. The second-order valence-corrected chi connectivity index (χ2v) is 11.2. The Labute approximate surface area is 328 Å². The van der Waals surface area contributed by atoms with Crippen LogP contribution in [0.3, 0.4) is 0 Å². The number of carbonyl (C=O) groups excluding carboxylic acids is 4. The molecule has 0 heterocycles. The second-order valence-electron chi connectivity index (χ2n) is 11.2. The lowest BCUT2D eigenvalue weighted by Crippen LogP contribution is -2.57. The first-order chi connectivity index (χ1) is 27.4. The van der Waals surface area contributed by atoms with E-state index in [0.29, 0.717) is 0 Å². The van der Waals surface area contributed by atoms with Crippen LogP contribution in [0.2, 0.25) is 0 Å². The number of halogens is 18. The molecule has 0 radical (unpaired) electrons. The molecule has 0 aromatic heterocycles. The number of hydrogen-bond donors (Lipinski definition) is 0. The van der Waals surface area contributed by atoms with Gasteiger partial charge in [0, 0.05) is 24.3 Å². The molecular weight excluding hydrogens is 910 g/mol. The highest BCUT2D eigenvalue weighted by atomic mass is 19.3. The summed E-state index contributed by atoms with van der Waals surface area (Å²) >= 11 is 0. The third kappa shape index (κ3) is 16.6. The van der Waals surface area contributed by atoms with Crippen molar-refractivity contribution in [2.24, 2.45) is 0 Å². The average molecular weight is 939 g/mol. The van der Waals surface area contributed by atoms with Crippen molar-refractivity contribution < 1.29 is 141 Å². The Morgan fingerprint density at radius 1 is 0.344 bits per heavy atom. The van der Waals surface area contributed by atoms with E-state index in [-0.39, 0.29) is 24.3 Å². The summed E-state index contributed by atoms with van der Waals surface area (Å²) in [6.07, 6.45) is -25.2. The molecule has 0 amide bonds. The normalized spacial score (nSPS) is 15.4. The lowest BCUT2D eigenvalue weighted by molar-refractivity contribution is -0.442. The minimum absolute atomic E-state index is 0.0850. The van der Waals surface area contributed by atoms with E-state index in [2.05, 4.69) is 68.9 Å². The summed E-state index contributed by atoms with van der Waals surface area (Å²) in [5.41, 5.74) is 0. The molecule has 61 heavy (non-hydrogen) atoms. The summed E-state index contributed by atoms with van der Waals surface area (Å²) in [6.45, 7) is -12.9. The minimum atomic E-state index is -6.56. The van der Waals surface area contributed by atoms with Crippen LogP contribution in [-0.2, 0) is 61.8 Å². The van der Waals surface area contributed by atoms with Crippen molar-refractivity contribution in [2.45, 2.75) is 59.8 Å². The van der Waals surface area contributed by atoms with Gasteiger partial charge in [0.25, 0.3) is 11.7 Å². The van der Waals surface area contributed by atoms with Crippen LogP contribution in [0.25, 0.3) is 0 Å². The third-order valence-corrected chi connectivity index (χ3v) is 6.15. The maximum absolute atomic E-state index is 15.7. The topological polar surface area (TPSA) is 151 Å². The lowest BCUT2D eigenvalue weighted by Gasteiger charge is -2.36. The first-order valence-corrected chi connectivity index (χ1v) is 15.2. The molecule has 0 aromatic rings. The maximum Gasteiger partial charge on any atom is 0.425 e. The molecule has 2 unspecified atom stereocenters. The van der Waals surface area contributed by atoms with Crippen LogP contribution < -0.4 is 0 Å². The van der Waals surface area contributed by atoms with Gasteiger partial charge in [0.05, 0.1) is 0 Å². The predicted molar refractivity (Wildman–Crippen MR) is 157 cm³/mol. The highest BCUT2D eigenvalue weighted by Crippen LogP contribution is 2.44. The summed E-state index contributed by atoms with van der Waals surface area (Å²) in [6, 6.07) is 0. The average Bonchev–Trinajstić information content (AvgIpc) is 3.14. The van der Waals surface area contributed by atoms with Crippen LogP contribution in [0.4, 0.5) is 79.0 Å². The smallest absolute Gasteiger partial charge is 0.425 e. The molecule has 0 N–H and O–H groups in total. The highest BCUT2D eigenvalue weighted by molar-refractivity contribution is 5.82. The number of ether oxygens (including phenoxy) is 9. The molecular formula is C30H28F18O13. The van der Waals surface area contributed by atoms with E-state index in [1.165, 1.54) is 0 Å². The SMILES string of the molecule is C=CC(=O)OCC(F)(F)C(F)(F)OCC(F)(COCC(F)(COC(F)(F)C(F)(F)COC(=O)C=C)OC(F)(F)C(F)(F)COC(=O)C=C)OC(F)(F)C(F)(F)COC(=O)C=C. The van der Waals surface area contributed by atoms with Gasteiger partial charge in [-0.3, -0.25) is 9.47 Å². The van der Waals surface area contributed by atoms with Crippen LogP contribution in [0, 0.1) is 0 Å². The molecule has 0 spiro atoms. The van der Waals surface area contributed by atoms with Gasteiger partial charge in [-0.15, -0.1) is 0 Å². The fraction of sp³-hybridized carbons (Fsp3) is 0.600. The number of carbonyl (C=O) groups is 4. The van der Waals surface area contributed by atoms with Gasteiger partial charge >= 0.3 is 72.0 Å². The van der Waals surface area contributed by atoms with Crippen molar-refractivity contribution in [1.29, 1.82) is 0 Å². The molecule has 0 bridgehead atoms.